The van der Waals surface area contributed by atoms with Crippen LogP contribution < -0.4 is 20.1 Å². The standard InChI is InChI=1S/C13H18N2O3/c1-17-10-3-4-12(18-2)9(7-10)8-11-13(16)15-6-5-14-11/h3-4,7,11,14H,5-6,8H2,1-2H3,(H,15,16). The lowest BCUT2D eigenvalue weighted by molar-refractivity contribution is -0.124. The molecule has 1 saturated heterocycles. The average Bonchev–Trinajstić information content (AvgIpc) is 2.41. The quantitative estimate of drug-likeness (QED) is 0.808. The van der Waals surface area contributed by atoms with Crippen molar-refractivity contribution in [1.82, 2.24) is 10.6 Å². The lowest BCUT2D eigenvalue weighted by Crippen LogP contribution is -2.53. The van der Waals surface area contributed by atoms with E-state index >= 15 is 0 Å². The summed E-state index contributed by atoms with van der Waals surface area (Å²) >= 11 is 0. The van der Waals surface area contributed by atoms with Crippen LogP contribution in [0.15, 0.2) is 18.2 Å². The number of carbonyl (C=O) groups is 1. The van der Waals surface area contributed by atoms with E-state index in [1.807, 2.05) is 18.2 Å². The second-order valence-electron chi connectivity index (χ2n) is 4.18. The second-order valence-corrected chi connectivity index (χ2v) is 4.18. The molecule has 1 aromatic rings. The van der Waals surface area contributed by atoms with E-state index in [1.165, 1.54) is 0 Å². The fraction of sp³-hybridized carbons (Fsp3) is 0.462. The largest absolute Gasteiger partial charge is 0.497 e. The SMILES string of the molecule is COc1ccc(OC)c(CC2NCCNC2=O)c1. The number of benzene rings is 1. The van der Waals surface area contributed by atoms with Crippen molar-refractivity contribution in [3.8, 4) is 11.5 Å². The van der Waals surface area contributed by atoms with Crippen molar-refractivity contribution in [3.05, 3.63) is 23.8 Å². The highest BCUT2D eigenvalue weighted by Gasteiger charge is 2.23. The zero-order chi connectivity index (χ0) is 13.0. The molecule has 2 N–H and O–H groups in total. The molecule has 2 rings (SSSR count). The molecule has 1 fully saturated rings. The van der Waals surface area contributed by atoms with Gasteiger partial charge in [-0.3, -0.25) is 4.79 Å². The van der Waals surface area contributed by atoms with E-state index in [4.69, 9.17) is 9.47 Å². The molecule has 1 aromatic carbocycles. The summed E-state index contributed by atoms with van der Waals surface area (Å²) in [5.41, 5.74) is 0.964. The van der Waals surface area contributed by atoms with Gasteiger partial charge in [0.25, 0.3) is 0 Å². The molecule has 0 spiro atoms. The van der Waals surface area contributed by atoms with Crippen molar-refractivity contribution in [2.45, 2.75) is 12.5 Å². The predicted octanol–water partition coefficient (Wildman–Crippen LogP) is 0.334. The molecule has 18 heavy (non-hydrogen) atoms. The molecular weight excluding hydrogens is 232 g/mol. The third kappa shape index (κ3) is 2.73. The number of hydrogen-bond acceptors (Lipinski definition) is 4. The highest BCUT2D eigenvalue weighted by atomic mass is 16.5. The molecule has 1 atom stereocenters. The summed E-state index contributed by atoms with van der Waals surface area (Å²) in [6, 6.07) is 5.40. The number of nitrogens with one attached hydrogen (secondary N) is 2. The topological polar surface area (TPSA) is 59.6 Å². The van der Waals surface area contributed by atoms with Gasteiger partial charge in [-0.1, -0.05) is 0 Å². The van der Waals surface area contributed by atoms with Crippen LogP contribution in [0.2, 0.25) is 0 Å². The van der Waals surface area contributed by atoms with Gasteiger partial charge >= 0.3 is 0 Å². The molecule has 0 bridgehead atoms. The summed E-state index contributed by atoms with van der Waals surface area (Å²) in [5, 5.41) is 6.04. The number of rotatable bonds is 4. The first-order valence-electron chi connectivity index (χ1n) is 5.96. The zero-order valence-electron chi connectivity index (χ0n) is 10.7. The number of carbonyl (C=O) groups excluding carboxylic acids is 1. The van der Waals surface area contributed by atoms with Crippen molar-refractivity contribution in [2.75, 3.05) is 27.3 Å². The van der Waals surface area contributed by atoms with Gasteiger partial charge in [-0.15, -0.1) is 0 Å². The predicted molar refractivity (Wildman–Crippen MR) is 68.1 cm³/mol. The van der Waals surface area contributed by atoms with Crippen LogP contribution in [0.3, 0.4) is 0 Å². The Kier molecular flexibility index (Phi) is 4.04. The fourth-order valence-corrected chi connectivity index (χ4v) is 2.07. The number of amides is 1. The zero-order valence-corrected chi connectivity index (χ0v) is 10.7. The van der Waals surface area contributed by atoms with Crippen LogP contribution in [0.5, 0.6) is 11.5 Å². The number of ether oxygens (including phenoxy) is 2. The van der Waals surface area contributed by atoms with E-state index in [9.17, 15) is 4.79 Å². The Bertz CT molecular complexity index is 434. The minimum Gasteiger partial charge on any atom is -0.497 e. The third-order valence-corrected chi connectivity index (χ3v) is 3.04. The van der Waals surface area contributed by atoms with E-state index < -0.39 is 0 Å². The lowest BCUT2D eigenvalue weighted by Gasteiger charge is -2.24. The summed E-state index contributed by atoms with van der Waals surface area (Å²) in [7, 11) is 3.25. The van der Waals surface area contributed by atoms with E-state index in [0.717, 1.165) is 23.6 Å². The monoisotopic (exact) mass is 250 g/mol. The first-order chi connectivity index (χ1) is 8.74. The minimum atomic E-state index is -0.209. The van der Waals surface area contributed by atoms with Crippen LogP contribution in [0.4, 0.5) is 0 Å². The Labute approximate surface area is 106 Å². The Morgan fingerprint density at radius 3 is 2.78 bits per heavy atom. The van der Waals surface area contributed by atoms with Gasteiger partial charge in [-0.05, 0) is 23.8 Å². The summed E-state index contributed by atoms with van der Waals surface area (Å²) < 4.78 is 10.5. The van der Waals surface area contributed by atoms with Gasteiger partial charge in [0.1, 0.15) is 11.5 Å². The van der Waals surface area contributed by atoms with E-state index in [1.54, 1.807) is 14.2 Å². The van der Waals surface area contributed by atoms with Gasteiger partial charge in [0.2, 0.25) is 5.91 Å². The summed E-state index contributed by atoms with van der Waals surface area (Å²) in [5.74, 6) is 1.57. The van der Waals surface area contributed by atoms with Crippen LogP contribution >= 0.6 is 0 Å². The molecule has 0 saturated carbocycles. The average molecular weight is 250 g/mol. The van der Waals surface area contributed by atoms with Gasteiger partial charge in [0, 0.05) is 19.5 Å². The molecule has 0 aliphatic carbocycles. The van der Waals surface area contributed by atoms with Gasteiger partial charge < -0.3 is 20.1 Å². The minimum absolute atomic E-state index is 0.0334. The second kappa shape index (κ2) is 5.73. The van der Waals surface area contributed by atoms with Gasteiger partial charge in [0.15, 0.2) is 0 Å². The Morgan fingerprint density at radius 1 is 1.28 bits per heavy atom. The van der Waals surface area contributed by atoms with E-state index in [-0.39, 0.29) is 11.9 Å². The maximum Gasteiger partial charge on any atom is 0.237 e. The van der Waals surface area contributed by atoms with E-state index in [0.29, 0.717) is 13.0 Å². The lowest BCUT2D eigenvalue weighted by atomic mass is 10.0. The Morgan fingerprint density at radius 2 is 2.11 bits per heavy atom. The van der Waals surface area contributed by atoms with Crippen molar-refractivity contribution in [3.63, 3.8) is 0 Å². The Balaban J connectivity index is 2.18. The van der Waals surface area contributed by atoms with Crippen LogP contribution in [0.1, 0.15) is 5.56 Å². The molecule has 1 aliphatic heterocycles. The number of hydrogen-bond donors (Lipinski definition) is 2. The van der Waals surface area contributed by atoms with Crippen LogP contribution in [-0.4, -0.2) is 39.3 Å². The summed E-state index contributed by atoms with van der Waals surface area (Å²) in [4.78, 5) is 11.7. The first kappa shape index (κ1) is 12.7. The maximum atomic E-state index is 11.7. The molecule has 1 aliphatic rings. The van der Waals surface area contributed by atoms with Crippen molar-refractivity contribution < 1.29 is 14.3 Å². The molecule has 0 radical (unpaired) electrons. The number of piperazine rings is 1. The molecule has 0 aromatic heterocycles. The van der Waals surface area contributed by atoms with E-state index in [2.05, 4.69) is 10.6 Å². The molecule has 1 amide bonds. The Hall–Kier alpha value is -1.75. The van der Waals surface area contributed by atoms with Gasteiger partial charge in [0.05, 0.1) is 20.3 Å². The molecule has 5 nitrogen and oxygen atoms in total. The highest BCUT2D eigenvalue weighted by Crippen LogP contribution is 2.25. The molecule has 1 unspecified atom stereocenters. The molecular formula is C13H18N2O3. The summed E-state index contributed by atoms with van der Waals surface area (Å²) in [6.45, 7) is 1.48. The highest BCUT2D eigenvalue weighted by molar-refractivity contribution is 5.82. The fourth-order valence-electron chi connectivity index (χ4n) is 2.07. The van der Waals surface area contributed by atoms with Gasteiger partial charge in [-0.2, -0.15) is 0 Å². The smallest absolute Gasteiger partial charge is 0.237 e. The maximum absolute atomic E-state index is 11.7. The van der Waals surface area contributed by atoms with Gasteiger partial charge in [-0.25, -0.2) is 0 Å². The summed E-state index contributed by atoms with van der Waals surface area (Å²) in [6.07, 6.45) is 0.589. The van der Waals surface area contributed by atoms with Crippen LogP contribution in [0, 0.1) is 0 Å². The first-order valence-corrected chi connectivity index (χ1v) is 5.96. The normalized spacial score (nSPS) is 19.2. The van der Waals surface area contributed by atoms with Crippen LogP contribution in [-0.2, 0) is 11.2 Å². The van der Waals surface area contributed by atoms with Crippen molar-refractivity contribution >= 4 is 5.91 Å². The van der Waals surface area contributed by atoms with Crippen molar-refractivity contribution in [2.24, 2.45) is 0 Å². The molecule has 5 heteroatoms. The molecule has 98 valence electrons. The van der Waals surface area contributed by atoms with Crippen molar-refractivity contribution in [1.29, 1.82) is 0 Å². The number of methoxy groups -OCH3 is 2. The molecule has 1 heterocycles. The van der Waals surface area contributed by atoms with Crippen LogP contribution in [0.25, 0.3) is 0 Å². The third-order valence-electron chi connectivity index (χ3n) is 3.04.